The van der Waals surface area contributed by atoms with Crippen LogP contribution in [0.15, 0.2) is 18.2 Å². The first-order valence-corrected chi connectivity index (χ1v) is 5.97. The Balaban J connectivity index is 2.57. The Morgan fingerprint density at radius 3 is 2.76 bits per heavy atom. The summed E-state index contributed by atoms with van der Waals surface area (Å²) >= 11 is 0. The molecule has 0 bridgehead atoms. The summed E-state index contributed by atoms with van der Waals surface area (Å²) in [7, 11) is 2.00. The van der Waals surface area contributed by atoms with Crippen LogP contribution in [0.1, 0.15) is 18.9 Å². The molecule has 0 aliphatic carbocycles. The molecule has 1 aromatic rings. The average molecular weight is 240 g/mol. The summed E-state index contributed by atoms with van der Waals surface area (Å²) in [6, 6.07) is 5.11. The third-order valence-electron chi connectivity index (χ3n) is 2.49. The predicted molar refractivity (Wildman–Crippen MR) is 67.6 cm³/mol. The molecule has 0 aliphatic heterocycles. The van der Waals surface area contributed by atoms with Crippen LogP contribution in [0.3, 0.4) is 0 Å². The zero-order chi connectivity index (χ0) is 12.7. The Morgan fingerprint density at radius 1 is 1.41 bits per heavy atom. The van der Waals surface area contributed by atoms with Crippen molar-refractivity contribution in [2.45, 2.75) is 19.9 Å². The van der Waals surface area contributed by atoms with Gasteiger partial charge in [0.1, 0.15) is 0 Å². The van der Waals surface area contributed by atoms with E-state index in [4.69, 9.17) is 10.5 Å². The molecule has 0 saturated carbocycles. The van der Waals surface area contributed by atoms with E-state index in [1.54, 1.807) is 6.07 Å². The van der Waals surface area contributed by atoms with Crippen LogP contribution in [0, 0.1) is 5.82 Å². The van der Waals surface area contributed by atoms with Gasteiger partial charge in [0, 0.05) is 6.54 Å². The van der Waals surface area contributed by atoms with Gasteiger partial charge in [-0.05, 0) is 51.2 Å². The largest absolute Gasteiger partial charge is 0.491 e. The zero-order valence-electron chi connectivity index (χ0n) is 10.6. The minimum absolute atomic E-state index is 0.295. The van der Waals surface area contributed by atoms with E-state index in [2.05, 4.69) is 4.90 Å². The fourth-order valence-electron chi connectivity index (χ4n) is 1.67. The molecule has 0 amide bonds. The maximum absolute atomic E-state index is 13.6. The molecule has 0 radical (unpaired) electrons. The Bertz CT molecular complexity index is 344. The van der Waals surface area contributed by atoms with E-state index >= 15 is 0 Å². The molecule has 0 spiro atoms. The number of hydrogen-bond donors (Lipinski definition) is 1. The fourth-order valence-corrected chi connectivity index (χ4v) is 1.67. The third kappa shape index (κ3) is 4.71. The number of hydrogen-bond acceptors (Lipinski definition) is 3. The van der Waals surface area contributed by atoms with Gasteiger partial charge in [0.25, 0.3) is 0 Å². The second-order valence-electron chi connectivity index (χ2n) is 4.08. The van der Waals surface area contributed by atoms with Crippen molar-refractivity contribution < 1.29 is 9.13 Å². The van der Waals surface area contributed by atoms with Gasteiger partial charge in [-0.15, -0.1) is 0 Å². The van der Waals surface area contributed by atoms with Crippen molar-refractivity contribution in [2.75, 3.05) is 26.7 Å². The summed E-state index contributed by atoms with van der Waals surface area (Å²) in [4.78, 5) is 2.13. The highest BCUT2D eigenvalue weighted by atomic mass is 19.1. The minimum Gasteiger partial charge on any atom is -0.491 e. The lowest BCUT2D eigenvalue weighted by molar-refractivity contribution is 0.315. The second kappa shape index (κ2) is 7.25. The van der Waals surface area contributed by atoms with E-state index in [1.165, 1.54) is 6.07 Å². The van der Waals surface area contributed by atoms with Gasteiger partial charge in [-0.1, -0.05) is 6.07 Å². The highest BCUT2D eigenvalue weighted by Crippen LogP contribution is 2.19. The molecular formula is C13H21FN2O. The number of nitrogens with zero attached hydrogens (tertiary/aromatic N) is 1. The van der Waals surface area contributed by atoms with Crippen LogP contribution in [0.5, 0.6) is 5.75 Å². The van der Waals surface area contributed by atoms with E-state index in [9.17, 15) is 4.39 Å². The molecule has 1 rings (SSSR count). The summed E-state index contributed by atoms with van der Waals surface area (Å²) in [5.41, 5.74) is 6.39. The smallest absolute Gasteiger partial charge is 0.165 e. The quantitative estimate of drug-likeness (QED) is 0.792. The molecule has 0 heterocycles. The number of halogens is 1. The molecule has 96 valence electrons. The number of ether oxygens (including phenoxy) is 1. The van der Waals surface area contributed by atoms with Crippen molar-refractivity contribution in [3.05, 3.63) is 29.6 Å². The van der Waals surface area contributed by atoms with Gasteiger partial charge >= 0.3 is 0 Å². The summed E-state index contributed by atoms with van der Waals surface area (Å²) in [5.74, 6) is 0.0254. The van der Waals surface area contributed by atoms with Crippen LogP contribution in [0.2, 0.25) is 0 Å². The molecule has 0 aliphatic rings. The van der Waals surface area contributed by atoms with E-state index in [-0.39, 0.29) is 5.82 Å². The van der Waals surface area contributed by atoms with Crippen LogP contribution in [-0.4, -0.2) is 31.6 Å². The van der Waals surface area contributed by atoms with Crippen molar-refractivity contribution in [1.29, 1.82) is 0 Å². The molecule has 0 fully saturated rings. The van der Waals surface area contributed by atoms with Crippen molar-refractivity contribution >= 4 is 0 Å². The van der Waals surface area contributed by atoms with E-state index in [1.807, 2.05) is 20.0 Å². The van der Waals surface area contributed by atoms with Gasteiger partial charge in [0.2, 0.25) is 0 Å². The molecule has 17 heavy (non-hydrogen) atoms. The molecule has 4 heteroatoms. The van der Waals surface area contributed by atoms with Gasteiger partial charge in [-0.25, -0.2) is 4.39 Å². The number of benzene rings is 1. The van der Waals surface area contributed by atoms with Crippen molar-refractivity contribution in [1.82, 2.24) is 4.90 Å². The van der Waals surface area contributed by atoms with Crippen LogP contribution in [-0.2, 0) is 6.54 Å². The Labute approximate surface area is 102 Å². The highest BCUT2D eigenvalue weighted by molar-refractivity contribution is 5.29. The first-order valence-electron chi connectivity index (χ1n) is 5.97. The Hall–Kier alpha value is -1.13. The first kappa shape index (κ1) is 13.9. The lowest BCUT2D eigenvalue weighted by Gasteiger charge is -2.16. The van der Waals surface area contributed by atoms with Crippen molar-refractivity contribution in [3.8, 4) is 5.75 Å². The van der Waals surface area contributed by atoms with Crippen LogP contribution < -0.4 is 10.5 Å². The summed E-state index contributed by atoms with van der Waals surface area (Å²) in [6.45, 7) is 4.65. The topological polar surface area (TPSA) is 38.5 Å². The fraction of sp³-hybridized carbons (Fsp3) is 0.538. The van der Waals surface area contributed by atoms with Crippen LogP contribution in [0.25, 0.3) is 0 Å². The molecule has 1 aromatic carbocycles. The molecular weight excluding hydrogens is 219 g/mol. The van der Waals surface area contributed by atoms with Gasteiger partial charge in [0.05, 0.1) is 6.61 Å². The monoisotopic (exact) mass is 240 g/mol. The predicted octanol–water partition coefficient (Wildman–Crippen LogP) is 2.00. The van der Waals surface area contributed by atoms with E-state index in [0.29, 0.717) is 18.9 Å². The van der Waals surface area contributed by atoms with Crippen molar-refractivity contribution in [2.24, 2.45) is 5.73 Å². The zero-order valence-corrected chi connectivity index (χ0v) is 10.6. The summed E-state index contributed by atoms with van der Waals surface area (Å²) in [6.07, 6.45) is 0.954. The van der Waals surface area contributed by atoms with Crippen LogP contribution in [0.4, 0.5) is 4.39 Å². The Kier molecular flexibility index (Phi) is 5.94. The van der Waals surface area contributed by atoms with E-state index in [0.717, 1.165) is 25.1 Å². The second-order valence-corrected chi connectivity index (χ2v) is 4.08. The lowest BCUT2D eigenvalue weighted by Crippen LogP contribution is -2.21. The first-order chi connectivity index (χ1) is 8.17. The number of rotatable bonds is 7. The summed E-state index contributed by atoms with van der Waals surface area (Å²) in [5, 5.41) is 0. The van der Waals surface area contributed by atoms with Gasteiger partial charge < -0.3 is 15.4 Å². The molecule has 0 atom stereocenters. The van der Waals surface area contributed by atoms with Gasteiger partial charge in [0.15, 0.2) is 11.6 Å². The summed E-state index contributed by atoms with van der Waals surface area (Å²) < 4.78 is 18.7. The standard InChI is InChI=1S/C13H21FN2O/c1-3-17-13-6-5-11(9-12(13)14)10-16(2)8-4-7-15/h5-6,9H,3-4,7-8,10,15H2,1-2H3. The van der Waals surface area contributed by atoms with Crippen LogP contribution >= 0.6 is 0 Å². The minimum atomic E-state index is -0.295. The maximum Gasteiger partial charge on any atom is 0.165 e. The average Bonchev–Trinajstić information content (AvgIpc) is 2.30. The van der Waals surface area contributed by atoms with Gasteiger partial charge in [-0.3, -0.25) is 0 Å². The Morgan fingerprint density at radius 2 is 2.18 bits per heavy atom. The number of nitrogens with two attached hydrogens (primary N) is 1. The SMILES string of the molecule is CCOc1ccc(CN(C)CCCN)cc1F. The lowest BCUT2D eigenvalue weighted by atomic mass is 10.2. The molecule has 0 saturated heterocycles. The third-order valence-corrected chi connectivity index (χ3v) is 2.49. The van der Waals surface area contributed by atoms with Gasteiger partial charge in [-0.2, -0.15) is 0 Å². The highest BCUT2D eigenvalue weighted by Gasteiger charge is 2.06. The van der Waals surface area contributed by atoms with Crippen molar-refractivity contribution in [3.63, 3.8) is 0 Å². The van der Waals surface area contributed by atoms with E-state index < -0.39 is 0 Å². The maximum atomic E-state index is 13.6. The normalized spacial score (nSPS) is 10.9. The molecule has 0 unspecified atom stereocenters. The molecule has 2 N–H and O–H groups in total. The molecule has 3 nitrogen and oxygen atoms in total. The molecule has 0 aromatic heterocycles.